The van der Waals surface area contributed by atoms with Gasteiger partial charge >= 0.3 is 0 Å². The third kappa shape index (κ3) is 4.00. The first-order chi connectivity index (χ1) is 8.24. The van der Waals surface area contributed by atoms with Crippen molar-refractivity contribution < 1.29 is 0 Å². The quantitative estimate of drug-likeness (QED) is 0.802. The molecule has 2 nitrogen and oxygen atoms in total. The molecule has 0 heterocycles. The smallest absolute Gasteiger partial charge is 0.170 e. The second-order valence-electron chi connectivity index (χ2n) is 4.99. The highest BCUT2D eigenvalue weighted by Gasteiger charge is 2.20. The third-order valence-corrected chi connectivity index (χ3v) is 3.63. The van der Waals surface area contributed by atoms with Crippen LogP contribution in [0.5, 0.6) is 0 Å². The molecule has 17 heavy (non-hydrogen) atoms. The topological polar surface area (TPSA) is 24.1 Å². The predicted molar refractivity (Wildman–Crippen MR) is 77.2 cm³/mol. The maximum Gasteiger partial charge on any atom is 0.170 e. The fraction of sp³-hybridized carbons (Fsp3) is 0.500. The molecule has 3 heteroatoms. The summed E-state index contributed by atoms with van der Waals surface area (Å²) >= 11 is 5.28. The summed E-state index contributed by atoms with van der Waals surface area (Å²) in [6.07, 6.45) is 4.04. The van der Waals surface area contributed by atoms with Crippen LogP contribution in [0.1, 0.15) is 26.2 Å². The Morgan fingerprint density at radius 1 is 1.29 bits per heavy atom. The zero-order valence-electron chi connectivity index (χ0n) is 10.3. The van der Waals surface area contributed by atoms with Gasteiger partial charge in [0, 0.05) is 12.2 Å². The summed E-state index contributed by atoms with van der Waals surface area (Å²) in [6, 6.07) is 10.0. The molecular formula is C14H20N2S. The van der Waals surface area contributed by atoms with Gasteiger partial charge < -0.3 is 10.6 Å². The van der Waals surface area contributed by atoms with Gasteiger partial charge in [0.1, 0.15) is 0 Å². The van der Waals surface area contributed by atoms with E-state index < -0.39 is 0 Å². The Bertz CT molecular complexity index is 364. The van der Waals surface area contributed by atoms with Crippen LogP contribution in [0.4, 0.5) is 5.69 Å². The average Bonchev–Trinajstić information content (AvgIpc) is 2.74. The molecule has 1 aromatic carbocycles. The van der Waals surface area contributed by atoms with Crippen molar-refractivity contribution in [2.24, 2.45) is 11.8 Å². The van der Waals surface area contributed by atoms with Crippen LogP contribution in [0.2, 0.25) is 0 Å². The normalized spacial score (nSPS) is 23.4. The first-order valence-corrected chi connectivity index (χ1v) is 6.75. The van der Waals surface area contributed by atoms with E-state index in [1.807, 2.05) is 30.3 Å². The largest absolute Gasteiger partial charge is 0.362 e. The molecule has 1 aliphatic rings. The fourth-order valence-corrected chi connectivity index (χ4v) is 2.65. The molecule has 0 aromatic heterocycles. The Morgan fingerprint density at radius 2 is 2.06 bits per heavy atom. The van der Waals surface area contributed by atoms with Crippen LogP contribution in [0.25, 0.3) is 0 Å². The van der Waals surface area contributed by atoms with Crippen LogP contribution in [-0.2, 0) is 0 Å². The van der Waals surface area contributed by atoms with Crippen molar-refractivity contribution in [2.75, 3.05) is 11.9 Å². The van der Waals surface area contributed by atoms with Gasteiger partial charge in [0.25, 0.3) is 0 Å². The van der Waals surface area contributed by atoms with E-state index in [9.17, 15) is 0 Å². The summed E-state index contributed by atoms with van der Waals surface area (Å²) in [6.45, 7) is 3.34. The maximum atomic E-state index is 5.28. The van der Waals surface area contributed by atoms with E-state index >= 15 is 0 Å². The van der Waals surface area contributed by atoms with Gasteiger partial charge in [-0.05, 0) is 49.0 Å². The van der Waals surface area contributed by atoms with E-state index in [4.69, 9.17) is 12.2 Å². The predicted octanol–water partition coefficient (Wildman–Crippen LogP) is 3.41. The fourth-order valence-electron chi connectivity index (χ4n) is 2.44. The molecular weight excluding hydrogens is 228 g/mol. The summed E-state index contributed by atoms with van der Waals surface area (Å²) in [5, 5.41) is 7.24. The SMILES string of the molecule is CC1CCC(CNC(=S)Nc2ccccc2)C1. The summed E-state index contributed by atoms with van der Waals surface area (Å²) in [7, 11) is 0. The van der Waals surface area contributed by atoms with E-state index in [0.29, 0.717) is 0 Å². The van der Waals surface area contributed by atoms with Crippen molar-refractivity contribution in [3.63, 3.8) is 0 Å². The van der Waals surface area contributed by atoms with Crippen LogP contribution in [0.15, 0.2) is 30.3 Å². The lowest BCUT2D eigenvalue weighted by molar-refractivity contribution is 0.507. The maximum absolute atomic E-state index is 5.28. The molecule has 1 aromatic rings. The second kappa shape index (κ2) is 6.01. The van der Waals surface area contributed by atoms with Crippen molar-refractivity contribution in [3.8, 4) is 0 Å². The van der Waals surface area contributed by atoms with Crippen LogP contribution >= 0.6 is 12.2 Å². The Kier molecular flexibility index (Phi) is 4.37. The van der Waals surface area contributed by atoms with E-state index in [1.54, 1.807) is 0 Å². The summed E-state index contributed by atoms with van der Waals surface area (Å²) in [4.78, 5) is 0. The van der Waals surface area contributed by atoms with Gasteiger partial charge in [-0.2, -0.15) is 0 Å². The first-order valence-electron chi connectivity index (χ1n) is 6.34. The van der Waals surface area contributed by atoms with Crippen molar-refractivity contribution in [3.05, 3.63) is 30.3 Å². The van der Waals surface area contributed by atoms with Crippen molar-refractivity contribution in [2.45, 2.75) is 26.2 Å². The molecule has 0 spiro atoms. The van der Waals surface area contributed by atoms with E-state index in [2.05, 4.69) is 17.6 Å². The Labute approximate surface area is 109 Å². The van der Waals surface area contributed by atoms with Gasteiger partial charge in [-0.3, -0.25) is 0 Å². The molecule has 2 unspecified atom stereocenters. The number of hydrogen-bond donors (Lipinski definition) is 2. The minimum atomic E-state index is 0.732. The lowest BCUT2D eigenvalue weighted by Gasteiger charge is -2.14. The standard InChI is InChI=1S/C14H20N2S/c1-11-7-8-12(9-11)10-15-14(17)16-13-5-3-2-4-6-13/h2-6,11-12H,7-10H2,1H3,(H2,15,16,17). The number of benzene rings is 1. The van der Waals surface area contributed by atoms with Crippen LogP contribution in [0.3, 0.4) is 0 Å². The highest BCUT2D eigenvalue weighted by atomic mass is 32.1. The molecule has 0 aliphatic heterocycles. The van der Waals surface area contributed by atoms with Gasteiger partial charge in [-0.15, -0.1) is 0 Å². The molecule has 92 valence electrons. The van der Waals surface area contributed by atoms with Crippen LogP contribution < -0.4 is 10.6 Å². The molecule has 1 saturated carbocycles. The van der Waals surface area contributed by atoms with Crippen LogP contribution in [0, 0.1) is 11.8 Å². The summed E-state index contributed by atoms with van der Waals surface area (Å²) < 4.78 is 0. The van der Waals surface area contributed by atoms with E-state index in [-0.39, 0.29) is 0 Å². The van der Waals surface area contributed by atoms with E-state index in [0.717, 1.165) is 29.2 Å². The minimum absolute atomic E-state index is 0.732. The van der Waals surface area contributed by atoms with Crippen molar-refractivity contribution in [1.29, 1.82) is 0 Å². The monoisotopic (exact) mass is 248 g/mol. The highest BCUT2D eigenvalue weighted by molar-refractivity contribution is 7.80. The Balaban J connectivity index is 1.71. The minimum Gasteiger partial charge on any atom is -0.362 e. The average molecular weight is 248 g/mol. The summed E-state index contributed by atoms with van der Waals surface area (Å²) in [5.41, 5.74) is 1.05. The third-order valence-electron chi connectivity index (χ3n) is 3.39. The summed E-state index contributed by atoms with van der Waals surface area (Å²) in [5.74, 6) is 1.68. The van der Waals surface area contributed by atoms with Gasteiger partial charge in [-0.1, -0.05) is 31.5 Å². The number of thiocarbonyl (C=S) groups is 1. The molecule has 0 amide bonds. The Hall–Kier alpha value is -1.09. The molecule has 2 rings (SSSR count). The number of anilines is 1. The number of para-hydroxylation sites is 1. The highest BCUT2D eigenvalue weighted by Crippen LogP contribution is 2.29. The van der Waals surface area contributed by atoms with Gasteiger partial charge in [0.15, 0.2) is 5.11 Å². The van der Waals surface area contributed by atoms with Crippen molar-refractivity contribution in [1.82, 2.24) is 5.32 Å². The van der Waals surface area contributed by atoms with Crippen LogP contribution in [-0.4, -0.2) is 11.7 Å². The van der Waals surface area contributed by atoms with Gasteiger partial charge in [-0.25, -0.2) is 0 Å². The molecule has 0 bridgehead atoms. The second-order valence-corrected chi connectivity index (χ2v) is 5.39. The zero-order chi connectivity index (χ0) is 12.1. The molecule has 1 aliphatic carbocycles. The number of nitrogens with one attached hydrogen (secondary N) is 2. The molecule has 2 atom stereocenters. The molecule has 2 N–H and O–H groups in total. The molecule has 0 saturated heterocycles. The molecule has 0 radical (unpaired) electrons. The van der Waals surface area contributed by atoms with Crippen molar-refractivity contribution >= 4 is 23.0 Å². The molecule has 1 fully saturated rings. The lowest BCUT2D eigenvalue weighted by Crippen LogP contribution is -2.32. The van der Waals surface area contributed by atoms with Gasteiger partial charge in [0.2, 0.25) is 0 Å². The number of hydrogen-bond acceptors (Lipinski definition) is 1. The van der Waals surface area contributed by atoms with E-state index in [1.165, 1.54) is 19.3 Å². The lowest BCUT2D eigenvalue weighted by atomic mass is 10.1. The zero-order valence-corrected chi connectivity index (χ0v) is 11.1. The number of rotatable bonds is 3. The van der Waals surface area contributed by atoms with Gasteiger partial charge in [0.05, 0.1) is 0 Å². The Morgan fingerprint density at radius 3 is 2.71 bits per heavy atom. The first kappa shape index (κ1) is 12.4.